The molecule has 7 heteroatoms. The van der Waals surface area contributed by atoms with Gasteiger partial charge in [-0.3, -0.25) is 9.59 Å². The number of hydrogen-bond acceptors (Lipinski definition) is 3. The van der Waals surface area contributed by atoms with Crippen LogP contribution in [0.5, 0.6) is 5.75 Å². The monoisotopic (exact) mass is 464 g/mol. The zero-order valence-electron chi connectivity index (χ0n) is 18.5. The molecule has 1 atom stereocenters. The quantitative estimate of drug-likeness (QED) is 0.517. The van der Waals surface area contributed by atoms with E-state index in [9.17, 15) is 9.59 Å². The standard InChI is InChI=1S/C24H30Cl2N2O3/c1-5-12-27-24(30)21(6-2)28(14-18-10-11-19(25)13-20(18)26)23(29)15-31-22-9-7-8-16(3)17(22)4/h7-11,13,21H,5-6,12,14-15H2,1-4H3,(H,27,30)/t21-/m0/s1. The smallest absolute Gasteiger partial charge is 0.261 e. The molecule has 0 unspecified atom stereocenters. The largest absolute Gasteiger partial charge is 0.483 e. The number of carbonyl (C=O) groups is 2. The van der Waals surface area contributed by atoms with E-state index in [0.29, 0.717) is 34.3 Å². The normalized spacial score (nSPS) is 11.7. The highest BCUT2D eigenvalue weighted by molar-refractivity contribution is 6.35. The van der Waals surface area contributed by atoms with E-state index in [1.54, 1.807) is 18.2 Å². The van der Waals surface area contributed by atoms with Crippen LogP contribution in [-0.2, 0) is 16.1 Å². The van der Waals surface area contributed by atoms with Gasteiger partial charge in [-0.05, 0) is 61.6 Å². The molecule has 0 aliphatic carbocycles. The topological polar surface area (TPSA) is 58.6 Å². The van der Waals surface area contributed by atoms with E-state index < -0.39 is 6.04 Å². The Hall–Kier alpha value is -2.24. The van der Waals surface area contributed by atoms with E-state index in [2.05, 4.69) is 5.32 Å². The minimum absolute atomic E-state index is 0.174. The Morgan fingerprint density at radius 3 is 2.52 bits per heavy atom. The second-order valence-electron chi connectivity index (χ2n) is 7.46. The number of amides is 2. The lowest BCUT2D eigenvalue weighted by atomic mass is 10.1. The van der Waals surface area contributed by atoms with Gasteiger partial charge in [-0.15, -0.1) is 0 Å². The molecule has 0 bridgehead atoms. The number of hydrogen-bond donors (Lipinski definition) is 1. The van der Waals surface area contributed by atoms with Gasteiger partial charge in [0.15, 0.2) is 6.61 Å². The van der Waals surface area contributed by atoms with Crippen molar-refractivity contribution in [3.05, 3.63) is 63.1 Å². The molecule has 0 aliphatic rings. The second kappa shape index (κ2) is 12.0. The fraction of sp³-hybridized carbons (Fsp3) is 0.417. The first-order chi connectivity index (χ1) is 14.8. The van der Waals surface area contributed by atoms with Crippen LogP contribution < -0.4 is 10.1 Å². The third-order valence-electron chi connectivity index (χ3n) is 5.20. The fourth-order valence-electron chi connectivity index (χ4n) is 3.22. The number of aryl methyl sites for hydroxylation is 1. The number of ether oxygens (including phenoxy) is 1. The first-order valence-electron chi connectivity index (χ1n) is 10.5. The highest BCUT2D eigenvalue weighted by Crippen LogP contribution is 2.24. The summed E-state index contributed by atoms with van der Waals surface area (Å²) in [4.78, 5) is 27.5. The lowest BCUT2D eigenvalue weighted by Crippen LogP contribution is -2.50. The number of rotatable bonds is 10. The van der Waals surface area contributed by atoms with Gasteiger partial charge in [-0.2, -0.15) is 0 Å². The highest BCUT2D eigenvalue weighted by Gasteiger charge is 2.29. The van der Waals surface area contributed by atoms with E-state index in [-0.39, 0.29) is 25.0 Å². The van der Waals surface area contributed by atoms with Crippen LogP contribution in [0, 0.1) is 13.8 Å². The molecule has 0 saturated heterocycles. The summed E-state index contributed by atoms with van der Waals surface area (Å²) >= 11 is 12.4. The third-order valence-corrected chi connectivity index (χ3v) is 5.78. The molecule has 2 amide bonds. The average Bonchev–Trinajstić information content (AvgIpc) is 2.74. The summed E-state index contributed by atoms with van der Waals surface area (Å²) in [6.07, 6.45) is 1.28. The summed E-state index contributed by atoms with van der Waals surface area (Å²) in [7, 11) is 0. The third kappa shape index (κ3) is 6.88. The van der Waals surface area contributed by atoms with Crippen LogP contribution in [0.15, 0.2) is 36.4 Å². The summed E-state index contributed by atoms with van der Waals surface area (Å²) in [5.74, 6) is 0.182. The first kappa shape index (κ1) is 25.0. The summed E-state index contributed by atoms with van der Waals surface area (Å²) < 4.78 is 5.83. The molecular weight excluding hydrogens is 435 g/mol. The van der Waals surface area contributed by atoms with Crippen LogP contribution in [0.4, 0.5) is 0 Å². The van der Waals surface area contributed by atoms with E-state index in [0.717, 1.165) is 17.5 Å². The van der Waals surface area contributed by atoms with Crippen LogP contribution >= 0.6 is 23.2 Å². The minimum atomic E-state index is -0.631. The molecule has 0 aromatic heterocycles. The van der Waals surface area contributed by atoms with Crippen molar-refractivity contribution in [2.75, 3.05) is 13.2 Å². The van der Waals surface area contributed by atoms with Gasteiger partial charge >= 0.3 is 0 Å². The van der Waals surface area contributed by atoms with Gasteiger partial charge in [0.05, 0.1) is 0 Å². The minimum Gasteiger partial charge on any atom is -0.483 e. The number of carbonyl (C=O) groups excluding carboxylic acids is 2. The molecule has 2 aromatic carbocycles. The van der Waals surface area contributed by atoms with Gasteiger partial charge in [0.2, 0.25) is 5.91 Å². The van der Waals surface area contributed by atoms with Crippen LogP contribution in [0.2, 0.25) is 10.0 Å². The van der Waals surface area contributed by atoms with Crippen molar-refractivity contribution in [1.82, 2.24) is 10.2 Å². The first-order valence-corrected chi connectivity index (χ1v) is 11.2. The molecule has 1 N–H and O–H groups in total. The maximum absolute atomic E-state index is 13.2. The maximum atomic E-state index is 13.2. The number of halogens is 2. The molecule has 0 radical (unpaired) electrons. The molecule has 168 valence electrons. The van der Waals surface area contributed by atoms with Crippen molar-refractivity contribution >= 4 is 35.0 Å². The van der Waals surface area contributed by atoms with Crippen molar-refractivity contribution in [2.45, 2.75) is 53.1 Å². The fourth-order valence-corrected chi connectivity index (χ4v) is 3.69. The molecule has 2 aromatic rings. The molecule has 2 rings (SSSR count). The van der Waals surface area contributed by atoms with Gasteiger partial charge in [0.1, 0.15) is 11.8 Å². The van der Waals surface area contributed by atoms with Crippen LogP contribution in [-0.4, -0.2) is 35.9 Å². The Kier molecular flexibility index (Phi) is 9.66. The molecule has 0 heterocycles. The summed E-state index contributed by atoms with van der Waals surface area (Å²) in [6.45, 7) is 8.37. The van der Waals surface area contributed by atoms with Crippen molar-refractivity contribution < 1.29 is 14.3 Å². The Labute approximate surface area is 194 Å². The zero-order valence-corrected chi connectivity index (χ0v) is 20.0. The molecule has 0 saturated carbocycles. The van der Waals surface area contributed by atoms with Crippen molar-refractivity contribution in [3.8, 4) is 5.75 Å². The maximum Gasteiger partial charge on any atom is 0.261 e. The number of benzene rings is 2. The van der Waals surface area contributed by atoms with Gasteiger partial charge in [-0.25, -0.2) is 0 Å². The zero-order chi connectivity index (χ0) is 23.0. The number of nitrogens with one attached hydrogen (secondary N) is 1. The van der Waals surface area contributed by atoms with Crippen LogP contribution in [0.1, 0.15) is 43.4 Å². The van der Waals surface area contributed by atoms with Gasteiger partial charge < -0.3 is 15.0 Å². The molecule has 31 heavy (non-hydrogen) atoms. The van der Waals surface area contributed by atoms with Crippen LogP contribution in [0.3, 0.4) is 0 Å². The van der Waals surface area contributed by atoms with Gasteiger partial charge in [0, 0.05) is 23.1 Å². The lowest BCUT2D eigenvalue weighted by Gasteiger charge is -2.31. The van der Waals surface area contributed by atoms with Crippen LogP contribution in [0.25, 0.3) is 0 Å². The SMILES string of the molecule is CCCNC(=O)[C@H](CC)N(Cc1ccc(Cl)cc1Cl)C(=O)COc1cccc(C)c1C. The highest BCUT2D eigenvalue weighted by atomic mass is 35.5. The molecule has 5 nitrogen and oxygen atoms in total. The summed E-state index contributed by atoms with van der Waals surface area (Å²) in [5.41, 5.74) is 2.78. The van der Waals surface area contributed by atoms with Crippen molar-refractivity contribution in [1.29, 1.82) is 0 Å². The Morgan fingerprint density at radius 2 is 1.87 bits per heavy atom. The second-order valence-corrected chi connectivity index (χ2v) is 8.30. The molecule has 0 fully saturated rings. The Bertz CT molecular complexity index is 918. The number of nitrogens with zero attached hydrogens (tertiary/aromatic N) is 1. The average molecular weight is 465 g/mol. The predicted octanol–water partition coefficient (Wildman–Crippen LogP) is 5.32. The van der Waals surface area contributed by atoms with Gasteiger partial charge in [-0.1, -0.05) is 55.2 Å². The molecular formula is C24H30Cl2N2O3. The van der Waals surface area contributed by atoms with Crippen molar-refractivity contribution in [3.63, 3.8) is 0 Å². The Balaban J connectivity index is 2.27. The van der Waals surface area contributed by atoms with E-state index in [4.69, 9.17) is 27.9 Å². The summed E-state index contributed by atoms with van der Waals surface area (Å²) in [5, 5.41) is 3.85. The van der Waals surface area contributed by atoms with Crippen molar-refractivity contribution in [2.24, 2.45) is 0 Å². The van der Waals surface area contributed by atoms with E-state index in [1.807, 2.05) is 45.9 Å². The van der Waals surface area contributed by atoms with E-state index in [1.165, 1.54) is 4.90 Å². The molecule has 0 aliphatic heterocycles. The summed E-state index contributed by atoms with van der Waals surface area (Å²) in [6, 6.07) is 10.2. The predicted molar refractivity (Wildman–Crippen MR) is 126 cm³/mol. The van der Waals surface area contributed by atoms with E-state index >= 15 is 0 Å². The lowest BCUT2D eigenvalue weighted by molar-refractivity contribution is -0.143. The Morgan fingerprint density at radius 1 is 1.13 bits per heavy atom. The van der Waals surface area contributed by atoms with Gasteiger partial charge in [0.25, 0.3) is 5.91 Å². The molecule has 0 spiro atoms.